The van der Waals surface area contributed by atoms with Gasteiger partial charge in [-0.25, -0.2) is 0 Å². The molecule has 0 saturated heterocycles. The molecule has 0 aliphatic carbocycles. The molecule has 4 nitrogen and oxygen atoms in total. The highest BCUT2D eigenvalue weighted by molar-refractivity contribution is 5.56. The van der Waals surface area contributed by atoms with E-state index in [1.807, 2.05) is 18.2 Å². The van der Waals surface area contributed by atoms with Gasteiger partial charge in [0.15, 0.2) is 0 Å². The van der Waals surface area contributed by atoms with Crippen LogP contribution in [-0.4, -0.2) is 17.3 Å². The van der Waals surface area contributed by atoms with Crippen molar-refractivity contribution in [3.63, 3.8) is 0 Å². The summed E-state index contributed by atoms with van der Waals surface area (Å²) in [5.74, 6) is 0. The summed E-state index contributed by atoms with van der Waals surface area (Å²) in [5.41, 5.74) is 0. The zero-order chi connectivity index (χ0) is 19.3. The molecule has 141 valence electrons. The maximum Gasteiger partial charge on any atom is 0.281 e. The highest BCUT2D eigenvalue weighted by Crippen LogP contribution is 1.98. The van der Waals surface area contributed by atoms with Crippen LogP contribution in [0.25, 0.3) is 0 Å². The van der Waals surface area contributed by atoms with Gasteiger partial charge in [-0.2, -0.15) is 0 Å². The van der Waals surface area contributed by atoms with E-state index in [9.17, 15) is 14.9 Å². The maximum absolute atomic E-state index is 10.4. The average Bonchev–Trinajstić information content (AvgIpc) is 2.63. The lowest BCUT2D eigenvalue weighted by Gasteiger charge is -1.95. The molecule has 1 atom stereocenters. The first-order valence-electron chi connectivity index (χ1n) is 9.13. The van der Waals surface area contributed by atoms with Crippen LogP contribution < -0.4 is 0 Å². The van der Waals surface area contributed by atoms with Crippen molar-refractivity contribution in [1.82, 2.24) is 0 Å². The number of hydrogen-bond donors (Lipinski definition) is 0. The third-order valence-corrected chi connectivity index (χ3v) is 3.35. The number of hydrogen-bond acceptors (Lipinski definition) is 3. The van der Waals surface area contributed by atoms with Crippen molar-refractivity contribution in [3.05, 3.63) is 83.0 Å². The molecule has 0 bridgehead atoms. The highest BCUT2D eigenvalue weighted by atomic mass is 16.6. The first-order valence-corrected chi connectivity index (χ1v) is 9.13. The lowest BCUT2D eigenvalue weighted by Crippen LogP contribution is -2.19. The van der Waals surface area contributed by atoms with Gasteiger partial charge in [-0.1, -0.05) is 79.8 Å². The van der Waals surface area contributed by atoms with E-state index in [0.717, 1.165) is 32.1 Å². The van der Waals surface area contributed by atoms with Gasteiger partial charge >= 0.3 is 0 Å². The van der Waals surface area contributed by atoms with Gasteiger partial charge < -0.3 is 0 Å². The van der Waals surface area contributed by atoms with Crippen LogP contribution in [0.2, 0.25) is 0 Å². The fraction of sp³-hybridized carbons (Fsp3) is 0.409. The lowest BCUT2D eigenvalue weighted by atomic mass is 10.2. The summed E-state index contributed by atoms with van der Waals surface area (Å²) in [6.45, 7) is 2.13. The molecule has 1 unspecified atom stereocenters. The molecule has 0 aromatic rings. The predicted molar refractivity (Wildman–Crippen MR) is 109 cm³/mol. The molecule has 0 amide bonds. The SMILES string of the molecule is CC/C=C/C/C=C/C/C=C/C/C=C/C/C=C/C/C=C/CC([C]=O)[N+](=O)[O-]. The number of nitrogens with zero attached hydrogens (tertiary/aromatic N) is 1. The quantitative estimate of drug-likeness (QED) is 0.211. The summed E-state index contributed by atoms with van der Waals surface area (Å²) >= 11 is 0. The van der Waals surface area contributed by atoms with Crippen LogP contribution in [0.4, 0.5) is 0 Å². The van der Waals surface area contributed by atoms with Crippen LogP contribution in [-0.2, 0) is 4.79 Å². The molecule has 0 rings (SSSR count). The van der Waals surface area contributed by atoms with E-state index in [4.69, 9.17) is 0 Å². The zero-order valence-corrected chi connectivity index (χ0v) is 15.6. The van der Waals surface area contributed by atoms with Crippen LogP contribution in [0.15, 0.2) is 72.9 Å². The number of allylic oxidation sites excluding steroid dienone is 11. The first-order chi connectivity index (χ1) is 12.7. The molecular weight excluding hydrogens is 326 g/mol. The van der Waals surface area contributed by atoms with Gasteiger partial charge in [0, 0.05) is 11.3 Å². The van der Waals surface area contributed by atoms with E-state index < -0.39 is 11.0 Å². The third-order valence-electron chi connectivity index (χ3n) is 3.35. The summed E-state index contributed by atoms with van der Waals surface area (Å²) in [4.78, 5) is 20.1. The maximum atomic E-state index is 10.4. The fourth-order valence-corrected chi connectivity index (χ4v) is 1.92. The van der Waals surface area contributed by atoms with E-state index >= 15 is 0 Å². The third kappa shape index (κ3) is 16.4. The first kappa shape index (κ1) is 23.5. The van der Waals surface area contributed by atoms with Crippen molar-refractivity contribution in [3.8, 4) is 0 Å². The van der Waals surface area contributed by atoms with Crippen molar-refractivity contribution < 1.29 is 9.72 Å². The predicted octanol–water partition coefficient (Wildman–Crippen LogP) is 5.83. The molecule has 26 heavy (non-hydrogen) atoms. The number of nitro groups is 1. The standard InChI is InChI=1S/C22H30NO3/c1-2-3-4-5-6-7-8-9-10-11-12-13-14-15-16-17-18-19-20-22(21-24)23(25)26/h3-4,6-7,9-10,12-13,15-16,18-19,22H,2,5,8,11,14,17,20H2,1H3/b4-3+,7-6+,10-9+,13-12+,16-15+,19-18+. The van der Waals surface area contributed by atoms with Crippen LogP contribution in [0, 0.1) is 10.1 Å². The summed E-state index contributed by atoms with van der Waals surface area (Å²) < 4.78 is 0. The van der Waals surface area contributed by atoms with E-state index in [0.29, 0.717) is 6.42 Å². The smallest absolute Gasteiger partial charge is 0.281 e. The Morgan fingerprint density at radius 1 is 0.731 bits per heavy atom. The Hall–Kier alpha value is -2.49. The Kier molecular flexibility index (Phi) is 17.0. The highest BCUT2D eigenvalue weighted by Gasteiger charge is 2.17. The Morgan fingerprint density at radius 2 is 1.08 bits per heavy atom. The van der Waals surface area contributed by atoms with Gasteiger partial charge in [0.2, 0.25) is 0 Å². The molecule has 0 aliphatic heterocycles. The Labute approximate surface area is 157 Å². The van der Waals surface area contributed by atoms with E-state index in [1.54, 1.807) is 6.08 Å². The van der Waals surface area contributed by atoms with Gasteiger partial charge in [0.25, 0.3) is 12.3 Å². The van der Waals surface area contributed by atoms with Gasteiger partial charge in [0.05, 0.1) is 0 Å². The molecule has 0 aromatic carbocycles. The van der Waals surface area contributed by atoms with Crippen molar-refractivity contribution in [2.24, 2.45) is 0 Å². The van der Waals surface area contributed by atoms with Gasteiger partial charge in [-0.15, -0.1) is 0 Å². The van der Waals surface area contributed by atoms with E-state index in [-0.39, 0.29) is 6.42 Å². The monoisotopic (exact) mass is 356 g/mol. The molecule has 4 heteroatoms. The van der Waals surface area contributed by atoms with Crippen LogP contribution in [0.5, 0.6) is 0 Å². The van der Waals surface area contributed by atoms with Gasteiger partial charge in [-0.3, -0.25) is 14.9 Å². The van der Waals surface area contributed by atoms with E-state index in [1.165, 1.54) is 6.29 Å². The Balaban J connectivity index is 3.67. The second-order valence-electron chi connectivity index (χ2n) is 5.57. The Morgan fingerprint density at radius 3 is 1.38 bits per heavy atom. The number of carbonyl (C=O) groups excluding carboxylic acids is 1. The zero-order valence-electron chi connectivity index (χ0n) is 15.6. The normalized spacial score (nSPS) is 14.0. The summed E-state index contributed by atoms with van der Waals surface area (Å²) in [5, 5.41) is 10.4. The topological polar surface area (TPSA) is 60.2 Å². The van der Waals surface area contributed by atoms with Crippen LogP contribution in [0.3, 0.4) is 0 Å². The minimum absolute atomic E-state index is 0.0984. The van der Waals surface area contributed by atoms with Crippen molar-refractivity contribution in [2.75, 3.05) is 0 Å². The summed E-state index contributed by atoms with van der Waals surface area (Å²) in [7, 11) is 0. The summed E-state index contributed by atoms with van der Waals surface area (Å²) in [6.07, 6.45) is 31.9. The molecule has 0 aromatic heterocycles. The molecule has 0 saturated carbocycles. The molecular formula is C22H30NO3. The average molecular weight is 356 g/mol. The Bertz CT molecular complexity index is 540. The molecule has 0 N–H and O–H groups in total. The lowest BCUT2D eigenvalue weighted by molar-refractivity contribution is -0.501. The van der Waals surface area contributed by atoms with E-state index in [2.05, 4.69) is 55.5 Å². The van der Waals surface area contributed by atoms with Crippen molar-refractivity contribution >= 4 is 6.29 Å². The van der Waals surface area contributed by atoms with Crippen molar-refractivity contribution in [1.29, 1.82) is 0 Å². The van der Waals surface area contributed by atoms with Crippen LogP contribution in [0.1, 0.15) is 51.9 Å². The molecule has 0 aliphatic rings. The number of rotatable bonds is 15. The molecule has 1 radical (unpaired) electrons. The minimum Gasteiger partial charge on any atom is -0.283 e. The van der Waals surface area contributed by atoms with Crippen LogP contribution >= 0.6 is 0 Å². The van der Waals surface area contributed by atoms with Gasteiger partial charge in [0.1, 0.15) is 0 Å². The summed E-state index contributed by atoms with van der Waals surface area (Å²) in [6, 6.07) is -1.25. The second kappa shape index (κ2) is 18.8. The largest absolute Gasteiger partial charge is 0.283 e. The fourth-order valence-electron chi connectivity index (χ4n) is 1.92. The molecule has 0 heterocycles. The minimum atomic E-state index is -1.25. The van der Waals surface area contributed by atoms with Crippen molar-refractivity contribution in [2.45, 2.75) is 57.9 Å². The second-order valence-corrected chi connectivity index (χ2v) is 5.57. The molecule has 0 fully saturated rings. The molecule has 0 spiro atoms. The van der Waals surface area contributed by atoms with Gasteiger partial charge in [-0.05, 0) is 38.5 Å².